The van der Waals surface area contributed by atoms with Crippen molar-refractivity contribution < 1.29 is 53.7 Å². The van der Waals surface area contributed by atoms with Crippen molar-refractivity contribution in [2.24, 2.45) is 0 Å². The van der Waals surface area contributed by atoms with E-state index in [2.05, 4.69) is 4.74 Å². The molecule has 1 aliphatic heterocycles. The number of hydrogen-bond donors (Lipinski definition) is 0. The molecule has 1 aliphatic rings. The first-order valence-corrected chi connectivity index (χ1v) is 4.34. The van der Waals surface area contributed by atoms with Crippen LogP contribution in [0, 0.1) is 0 Å². The number of rotatable bonds is 2. The van der Waals surface area contributed by atoms with Gasteiger partial charge in [0.15, 0.2) is 0 Å². The number of carbonyl (C=O) groups is 2. The Labute approximate surface area is 110 Å². The molecule has 5 nitrogen and oxygen atoms in total. The van der Waals surface area contributed by atoms with Gasteiger partial charge in [0.05, 0.1) is 6.61 Å². The van der Waals surface area contributed by atoms with Crippen molar-refractivity contribution in [3.63, 3.8) is 0 Å². The van der Waals surface area contributed by atoms with Crippen LogP contribution in [0.4, 0.5) is 0 Å². The third kappa shape index (κ3) is 3.52. The van der Waals surface area contributed by atoms with E-state index in [1.165, 1.54) is 0 Å². The van der Waals surface area contributed by atoms with Crippen LogP contribution in [0.15, 0.2) is 11.3 Å². The average molecular weight is 222 g/mol. The minimum atomic E-state index is -0.992. The second-order valence-electron chi connectivity index (χ2n) is 2.95. The monoisotopic (exact) mass is 222 g/mol. The Morgan fingerprint density at radius 3 is 2.67 bits per heavy atom. The first-order valence-electron chi connectivity index (χ1n) is 4.34. The first kappa shape index (κ1) is 14.5. The Morgan fingerprint density at radius 2 is 2.27 bits per heavy atom. The van der Waals surface area contributed by atoms with E-state index in [-0.39, 0.29) is 54.3 Å². The van der Waals surface area contributed by atoms with E-state index in [1.54, 1.807) is 13.8 Å². The molecule has 78 valence electrons. The molecule has 1 fully saturated rings. The van der Waals surface area contributed by atoms with E-state index in [0.717, 1.165) is 0 Å². The van der Waals surface area contributed by atoms with E-state index >= 15 is 0 Å². The first-order chi connectivity index (χ1) is 6.56. The minimum Gasteiger partial charge on any atom is -0.867 e. The molecule has 0 aliphatic carbocycles. The molecule has 15 heavy (non-hydrogen) atoms. The number of ether oxygens (including phenoxy) is 2. The molecule has 0 aromatic heterocycles. The van der Waals surface area contributed by atoms with Crippen LogP contribution >= 0.6 is 0 Å². The zero-order valence-corrected chi connectivity index (χ0v) is 11.0. The van der Waals surface area contributed by atoms with E-state index in [1.807, 2.05) is 0 Å². The smallest absolute Gasteiger partial charge is 0.867 e. The fourth-order valence-electron chi connectivity index (χ4n) is 1.17. The van der Waals surface area contributed by atoms with Gasteiger partial charge in [0, 0.05) is 12.0 Å². The van der Waals surface area contributed by atoms with Crippen molar-refractivity contribution in [2.75, 3.05) is 6.61 Å². The van der Waals surface area contributed by atoms with Crippen LogP contribution in [-0.4, -0.2) is 24.6 Å². The summed E-state index contributed by atoms with van der Waals surface area (Å²) >= 11 is 0. The minimum absolute atomic E-state index is 0. The molecule has 1 unspecified atom stereocenters. The molecule has 0 radical (unpaired) electrons. The molecule has 0 aromatic rings. The fraction of sp³-hybridized carbons (Fsp3) is 0.556. The summed E-state index contributed by atoms with van der Waals surface area (Å²) in [5, 5.41) is 11.3. The molecule has 1 rings (SSSR count). The number of hydrogen-bond acceptors (Lipinski definition) is 5. The Balaban J connectivity index is 0.00000196. The summed E-state index contributed by atoms with van der Waals surface area (Å²) in [7, 11) is 0. The topological polar surface area (TPSA) is 75.7 Å². The zero-order valence-electron chi connectivity index (χ0n) is 9.03. The molecule has 0 saturated carbocycles. The van der Waals surface area contributed by atoms with E-state index in [9.17, 15) is 14.7 Å². The molecular weight excluding hydrogens is 211 g/mol. The Morgan fingerprint density at radius 1 is 1.67 bits per heavy atom. The summed E-state index contributed by atoms with van der Waals surface area (Å²) < 4.78 is 9.20. The van der Waals surface area contributed by atoms with Gasteiger partial charge in [0.25, 0.3) is 0 Å². The largest absolute Gasteiger partial charge is 1.00 e. The van der Waals surface area contributed by atoms with E-state index < -0.39 is 17.7 Å². The molecule has 0 bridgehead atoms. The molecule has 1 heterocycles. The molecule has 0 aromatic carbocycles. The summed E-state index contributed by atoms with van der Waals surface area (Å²) in [6.45, 7) is 3.36. The van der Waals surface area contributed by atoms with Gasteiger partial charge in [-0.2, -0.15) is 0 Å². The average Bonchev–Trinajstić information content (AvgIpc) is 2.44. The molecular formula is C9H11NaO5. The van der Waals surface area contributed by atoms with Crippen LogP contribution in [0.1, 0.15) is 20.3 Å². The van der Waals surface area contributed by atoms with Crippen LogP contribution < -0.4 is 34.7 Å². The second-order valence-corrected chi connectivity index (χ2v) is 2.95. The van der Waals surface area contributed by atoms with Gasteiger partial charge >= 0.3 is 41.5 Å². The standard InChI is InChI=1S/C9H12O5.Na/c1-3-13-9(12)7(10)6-4-5(2)14-8(6)11;/h5,10H,3-4H2,1-2H3;/q;+1/p-1/b7-6+;. The van der Waals surface area contributed by atoms with Crippen molar-refractivity contribution in [1.29, 1.82) is 0 Å². The van der Waals surface area contributed by atoms with E-state index in [0.29, 0.717) is 0 Å². The third-order valence-electron chi connectivity index (χ3n) is 1.78. The van der Waals surface area contributed by atoms with Gasteiger partial charge in [-0.3, -0.25) is 0 Å². The Kier molecular flexibility index (Phi) is 5.93. The molecule has 6 heteroatoms. The van der Waals surface area contributed by atoms with Gasteiger partial charge in [-0.25, -0.2) is 9.59 Å². The van der Waals surface area contributed by atoms with Gasteiger partial charge in [0.2, 0.25) is 0 Å². The van der Waals surface area contributed by atoms with Gasteiger partial charge < -0.3 is 14.6 Å². The summed E-state index contributed by atoms with van der Waals surface area (Å²) in [6, 6.07) is 0. The summed E-state index contributed by atoms with van der Waals surface area (Å²) in [5.41, 5.74) is -0.115. The van der Waals surface area contributed by atoms with Crippen molar-refractivity contribution in [3.05, 3.63) is 11.3 Å². The summed E-state index contributed by atoms with van der Waals surface area (Å²) in [5.74, 6) is -2.59. The maximum Gasteiger partial charge on any atom is 1.00 e. The normalized spacial score (nSPS) is 22.8. The van der Waals surface area contributed by atoms with Crippen LogP contribution in [0.5, 0.6) is 0 Å². The van der Waals surface area contributed by atoms with Gasteiger partial charge in [-0.1, -0.05) is 0 Å². The predicted molar refractivity (Wildman–Crippen MR) is 43.8 cm³/mol. The van der Waals surface area contributed by atoms with Gasteiger partial charge in [-0.05, 0) is 19.6 Å². The second kappa shape index (κ2) is 6.15. The fourth-order valence-corrected chi connectivity index (χ4v) is 1.17. The van der Waals surface area contributed by atoms with Crippen LogP contribution in [-0.2, 0) is 19.1 Å². The quantitative estimate of drug-likeness (QED) is 0.210. The van der Waals surface area contributed by atoms with E-state index in [4.69, 9.17) is 4.74 Å². The summed E-state index contributed by atoms with van der Waals surface area (Å²) in [6.07, 6.45) is -0.160. The van der Waals surface area contributed by atoms with Crippen molar-refractivity contribution in [2.45, 2.75) is 26.4 Å². The molecule has 1 saturated heterocycles. The van der Waals surface area contributed by atoms with Gasteiger partial charge in [-0.15, -0.1) is 0 Å². The van der Waals surface area contributed by atoms with Crippen LogP contribution in [0.2, 0.25) is 0 Å². The molecule has 0 N–H and O–H groups in total. The van der Waals surface area contributed by atoms with Crippen LogP contribution in [0.3, 0.4) is 0 Å². The maximum atomic E-state index is 11.3. The molecule has 0 amide bonds. The number of cyclic esters (lactones) is 1. The Bertz CT molecular complexity index is 297. The Hall–Kier alpha value is -0.520. The molecule has 0 spiro atoms. The number of esters is 2. The SMILES string of the molecule is CCOC(=O)/C([O-])=C1/CC(C)OC1=O.[Na+]. The van der Waals surface area contributed by atoms with Crippen LogP contribution in [0.25, 0.3) is 0 Å². The third-order valence-corrected chi connectivity index (χ3v) is 1.78. The summed E-state index contributed by atoms with van der Waals surface area (Å²) in [4.78, 5) is 22.0. The molecule has 1 atom stereocenters. The van der Waals surface area contributed by atoms with Crippen molar-refractivity contribution >= 4 is 11.9 Å². The van der Waals surface area contributed by atoms with Crippen molar-refractivity contribution in [3.8, 4) is 0 Å². The number of carbonyl (C=O) groups excluding carboxylic acids is 2. The predicted octanol–water partition coefficient (Wildman–Crippen LogP) is -3.50. The van der Waals surface area contributed by atoms with Crippen molar-refractivity contribution in [1.82, 2.24) is 0 Å². The van der Waals surface area contributed by atoms with Gasteiger partial charge in [0.1, 0.15) is 6.10 Å². The zero-order chi connectivity index (χ0) is 10.7. The maximum absolute atomic E-state index is 11.3.